The molecular formula is C32H33N5O5S2. The quantitative estimate of drug-likeness (QED) is 0.236. The van der Waals surface area contributed by atoms with Crippen molar-refractivity contribution in [2.45, 2.75) is 35.3 Å². The maximum Gasteiger partial charge on any atom is 0.339 e. The fourth-order valence-corrected chi connectivity index (χ4v) is 8.89. The van der Waals surface area contributed by atoms with Gasteiger partial charge in [-0.15, -0.1) is 0 Å². The number of aromatic nitrogens is 2. The molecule has 6 rings (SSSR count). The number of likely N-dealkylation sites (N-methyl/N-ethyl adjacent to an activating group) is 1. The Morgan fingerprint density at radius 1 is 0.864 bits per heavy atom. The van der Waals surface area contributed by atoms with E-state index in [1.54, 1.807) is 80.4 Å². The predicted molar refractivity (Wildman–Crippen MR) is 169 cm³/mol. The van der Waals surface area contributed by atoms with Gasteiger partial charge in [-0.3, -0.25) is 14.9 Å². The van der Waals surface area contributed by atoms with Gasteiger partial charge >= 0.3 is 10.1 Å². The minimum atomic E-state index is -4.10. The second-order valence-electron chi connectivity index (χ2n) is 10.8. The number of nitrogens with zero attached hydrogens (tertiary/aromatic N) is 4. The van der Waals surface area contributed by atoms with E-state index in [0.717, 1.165) is 10.9 Å². The Labute approximate surface area is 257 Å². The number of piperazine rings is 1. The molecule has 12 heteroatoms. The maximum absolute atomic E-state index is 14.2. The molecule has 1 unspecified atom stereocenters. The van der Waals surface area contributed by atoms with E-state index in [2.05, 4.69) is 20.2 Å². The predicted octanol–water partition coefficient (Wildman–Crippen LogP) is 4.38. The average molecular weight is 632 g/mol. The molecule has 0 saturated carbocycles. The summed E-state index contributed by atoms with van der Waals surface area (Å²) in [4.78, 5) is 10.7. The minimum absolute atomic E-state index is 0.0710. The van der Waals surface area contributed by atoms with E-state index in [9.17, 15) is 16.8 Å². The van der Waals surface area contributed by atoms with Gasteiger partial charge in [-0.1, -0.05) is 43.3 Å². The van der Waals surface area contributed by atoms with E-state index in [-0.39, 0.29) is 15.5 Å². The van der Waals surface area contributed by atoms with Crippen molar-refractivity contribution in [1.29, 1.82) is 0 Å². The first-order valence-electron chi connectivity index (χ1n) is 14.3. The first-order valence-corrected chi connectivity index (χ1v) is 17.1. The van der Waals surface area contributed by atoms with Gasteiger partial charge in [0.05, 0.1) is 4.90 Å². The van der Waals surface area contributed by atoms with Crippen molar-refractivity contribution in [3.8, 4) is 5.75 Å². The smallest absolute Gasteiger partial charge is 0.339 e. The largest absolute Gasteiger partial charge is 0.379 e. The van der Waals surface area contributed by atoms with Gasteiger partial charge in [0, 0.05) is 79.6 Å². The van der Waals surface area contributed by atoms with Crippen LogP contribution in [0.5, 0.6) is 5.75 Å². The lowest BCUT2D eigenvalue weighted by Gasteiger charge is -2.51. The van der Waals surface area contributed by atoms with E-state index in [1.165, 1.54) is 10.4 Å². The summed E-state index contributed by atoms with van der Waals surface area (Å²) in [6.07, 6.45) is 6.96. The van der Waals surface area contributed by atoms with E-state index in [0.29, 0.717) is 48.8 Å². The monoisotopic (exact) mass is 631 g/mol. The molecule has 1 aliphatic heterocycles. The van der Waals surface area contributed by atoms with Crippen LogP contribution in [0.1, 0.15) is 18.9 Å². The van der Waals surface area contributed by atoms with Crippen molar-refractivity contribution in [1.82, 2.24) is 24.5 Å². The number of fused-ring (bicyclic) bond motifs is 2. The molecule has 0 bridgehead atoms. The van der Waals surface area contributed by atoms with Crippen LogP contribution in [0.25, 0.3) is 21.5 Å². The van der Waals surface area contributed by atoms with Gasteiger partial charge in [0.15, 0.2) is 0 Å². The van der Waals surface area contributed by atoms with E-state index in [4.69, 9.17) is 4.18 Å². The zero-order valence-corrected chi connectivity index (χ0v) is 26.1. The van der Waals surface area contributed by atoms with Gasteiger partial charge in [-0.2, -0.15) is 12.7 Å². The fourth-order valence-electron chi connectivity index (χ4n) is 5.97. The van der Waals surface area contributed by atoms with Crippen LogP contribution in [0.2, 0.25) is 0 Å². The molecule has 1 N–H and O–H groups in total. The summed E-state index contributed by atoms with van der Waals surface area (Å²) in [6.45, 7) is 4.22. The third kappa shape index (κ3) is 5.44. The Morgan fingerprint density at radius 2 is 1.48 bits per heavy atom. The lowest BCUT2D eigenvalue weighted by atomic mass is 10.0. The molecule has 3 heterocycles. The number of sulfonamides is 1. The molecule has 0 spiro atoms. The van der Waals surface area contributed by atoms with Crippen LogP contribution in [0.4, 0.5) is 0 Å². The summed E-state index contributed by atoms with van der Waals surface area (Å²) in [7, 11) is -6.35. The zero-order chi connectivity index (χ0) is 31.0. The normalized spacial score (nSPS) is 18.2. The Balaban J connectivity index is 1.25. The molecule has 228 valence electrons. The average Bonchev–Trinajstić information content (AvgIpc) is 3.05. The third-order valence-electron chi connectivity index (χ3n) is 8.40. The summed E-state index contributed by atoms with van der Waals surface area (Å²) in [5, 5.41) is 6.02. The molecule has 2 aromatic heterocycles. The van der Waals surface area contributed by atoms with Crippen molar-refractivity contribution >= 4 is 41.7 Å². The number of rotatable bonds is 9. The van der Waals surface area contributed by atoms with Crippen molar-refractivity contribution in [2.24, 2.45) is 0 Å². The molecule has 1 aliphatic rings. The van der Waals surface area contributed by atoms with Gasteiger partial charge < -0.3 is 9.50 Å². The second-order valence-corrected chi connectivity index (χ2v) is 14.2. The van der Waals surface area contributed by atoms with Gasteiger partial charge in [0.25, 0.3) is 0 Å². The molecule has 0 amide bonds. The molecule has 3 aromatic carbocycles. The SMILES string of the molecule is CCC1(N(C)S(=O)(=O)c2cccc3cnccc23)CNCCN1Cc1ccc(OS(=O)(=O)c2cccc3cnccc23)cc1. The number of hydrogen-bond acceptors (Lipinski definition) is 9. The molecule has 1 atom stereocenters. The molecule has 0 radical (unpaired) electrons. The molecule has 1 fully saturated rings. The summed E-state index contributed by atoms with van der Waals surface area (Å²) in [6, 6.07) is 20.4. The Kier molecular flexibility index (Phi) is 8.12. The highest BCUT2D eigenvalue weighted by atomic mass is 32.2. The zero-order valence-electron chi connectivity index (χ0n) is 24.4. The first kappa shape index (κ1) is 30.1. The topological polar surface area (TPSA) is 122 Å². The van der Waals surface area contributed by atoms with Crippen LogP contribution in [0.3, 0.4) is 0 Å². The standard InChI is InChI=1S/C32H33N5O5S2/c1-3-32(36(2)43(38,39)30-8-4-6-25-20-33-16-14-28(25)30)23-35-18-19-37(32)22-24-10-12-27(13-11-24)42-44(40,41)31-9-5-7-26-21-34-17-15-29(26)31/h4-17,20-21,35H,3,18-19,22-23H2,1-2H3. The minimum Gasteiger partial charge on any atom is -0.379 e. The molecule has 1 saturated heterocycles. The van der Waals surface area contributed by atoms with Crippen molar-refractivity contribution < 1.29 is 21.0 Å². The number of benzene rings is 3. The van der Waals surface area contributed by atoms with Crippen LogP contribution in [-0.2, 0) is 26.7 Å². The Bertz CT molecular complexity index is 2030. The summed E-state index contributed by atoms with van der Waals surface area (Å²) in [5.41, 5.74) is 0.0568. The van der Waals surface area contributed by atoms with Gasteiger partial charge in [-0.25, -0.2) is 8.42 Å². The Hall–Kier alpha value is -3.94. The second kappa shape index (κ2) is 11.9. The fraction of sp³-hybridized carbons (Fsp3) is 0.250. The third-order valence-corrected chi connectivity index (χ3v) is 11.7. The van der Waals surface area contributed by atoms with E-state index in [1.807, 2.05) is 25.1 Å². The summed E-state index contributed by atoms with van der Waals surface area (Å²) >= 11 is 0. The molecule has 5 aromatic rings. The first-order chi connectivity index (χ1) is 21.2. The molecular weight excluding hydrogens is 599 g/mol. The lowest BCUT2D eigenvalue weighted by Crippen LogP contribution is -2.68. The van der Waals surface area contributed by atoms with E-state index < -0.39 is 25.8 Å². The van der Waals surface area contributed by atoms with Crippen LogP contribution >= 0.6 is 0 Å². The molecule has 10 nitrogen and oxygen atoms in total. The molecule has 44 heavy (non-hydrogen) atoms. The highest BCUT2D eigenvalue weighted by Gasteiger charge is 2.46. The van der Waals surface area contributed by atoms with E-state index >= 15 is 0 Å². The Morgan fingerprint density at radius 3 is 2.11 bits per heavy atom. The van der Waals surface area contributed by atoms with Crippen molar-refractivity contribution in [3.05, 3.63) is 103 Å². The van der Waals surface area contributed by atoms with Gasteiger partial charge in [0.2, 0.25) is 10.0 Å². The number of nitrogens with one attached hydrogen (secondary N) is 1. The van der Waals surface area contributed by atoms with Gasteiger partial charge in [0.1, 0.15) is 16.3 Å². The van der Waals surface area contributed by atoms with Crippen LogP contribution in [0.15, 0.2) is 107 Å². The summed E-state index contributed by atoms with van der Waals surface area (Å²) < 4.78 is 61.7. The number of hydrogen-bond donors (Lipinski definition) is 1. The maximum atomic E-state index is 14.2. The molecule has 0 aliphatic carbocycles. The lowest BCUT2D eigenvalue weighted by molar-refractivity contribution is -0.0277. The highest BCUT2D eigenvalue weighted by Crippen LogP contribution is 2.34. The highest BCUT2D eigenvalue weighted by molar-refractivity contribution is 7.89. The van der Waals surface area contributed by atoms with Crippen LogP contribution in [0, 0.1) is 0 Å². The van der Waals surface area contributed by atoms with Crippen molar-refractivity contribution in [2.75, 3.05) is 26.7 Å². The van der Waals surface area contributed by atoms with Gasteiger partial charge in [-0.05, 0) is 48.4 Å². The number of pyridine rings is 2. The van der Waals surface area contributed by atoms with Crippen LogP contribution < -0.4 is 9.50 Å². The summed E-state index contributed by atoms with van der Waals surface area (Å²) in [5.74, 6) is 0.187. The van der Waals surface area contributed by atoms with Crippen molar-refractivity contribution in [3.63, 3.8) is 0 Å². The van der Waals surface area contributed by atoms with Crippen LogP contribution in [-0.4, -0.2) is 68.4 Å².